The molecule has 2 nitrogen and oxygen atoms in total. The van der Waals surface area contributed by atoms with Gasteiger partial charge in [0, 0.05) is 12.7 Å². The Kier molecular flexibility index (Phi) is 2.12. The van der Waals surface area contributed by atoms with Gasteiger partial charge in [0.25, 0.3) is 0 Å². The average molecular weight is 146 g/mol. The molecule has 0 spiro atoms. The van der Waals surface area contributed by atoms with Crippen molar-refractivity contribution in [2.24, 2.45) is 0 Å². The third-order valence-electron chi connectivity index (χ3n) is 1.48. The van der Waals surface area contributed by atoms with Crippen molar-refractivity contribution in [3.63, 3.8) is 0 Å². The summed E-state index contributed by atoms with van der Waals surface area (Å²) in [4.78, 5) is 3.35. The van der Waals surface area contributed by atoms with Gasteiger partial charge >= 0.3 is 0 Å². The van der Waals surface area contributed by atoms with Crippen molar-refractivity contribution in [1.29, 1.82) is 0 Å². The fraction of sp³-hybridized carbons (Fsp3) is 0.222. The summed E-state index contributed by atoms with van der Waals surface area (Å²) in [6.07, 6.45) is 0. The van der Waals surface area contributed by atoms with Gasteiger partial charge < -0.3 is 5.32 Å². The van der Waals surface area contributed by atoms with Crippen LogP contribution in [-0.4, -0.2) is 7.05 Å². The third-order valence-corrected chi connectivity index (χ3v) is 1.48. The van der Waals surface area contributed by atoms with Crippen molar-refractivity contribution < 1.29 is 0 Å². The largest absolute Gasteiger partial charge is 0.389 e. The van der Waals surface area contributed by atoms with Crippen LogP contribution in [0.2, 0.25) is 0 Å². The second-order valence-electron chi connectivity index (χ2n) is 2.42. The number of aryl methyl sites for hydroxylation is 1. The Morgan fingerprint density at radius 1 is 1.36 bits per heavy atom. The van der Waals surface area contributed by atoms with E-state index in [0.29, 0.717) is 5.69 Å². The number of nitrogens with one attached hydrogen (secondary N) is 1. The summed E-state index contributed by atoms with van der Waals surface area (Å²) in [5.41, 5.74) is 2.80. The van der Waals surface area contributed by atoms with Gasteiger partial charge in [-0.1, -0.05) is 11.6 Å². The van der Waals surface area contributed by atoms with Crippen LogP contribution in [0.25, 0.3) is 4.85 Å². The van der Waals surface area contributed by atoms with Crippen molar-refractivity contribution in [3.8, 4) is 0 Å². The SMILES string of the molecule is [C-]#[N+]c1cc(C)cc(NC)c1. The van der Waals surface area contributed by atoms with Crippen molar-refractivity contribution in [1.82, 2.24) is 0 Å². The molecule has 0 radical (unpaired) electrons. The molecule has 0 saturated heterocycles. The molecule has 2 heteroatoms. The Bertz CT molecular complexity index is 297. The van der Waals surface area contributed by atoms with E-state index in [1.807, 2.05) is 32.2 Å². The quantitative estimate of drug-likeness (QED) is 0.602. The van der Waals surface area contributed by atoms with Crippen LogP contribution >= 0.6 is 0 Å². The molecule has 0 bridgehead atoms. The standard InChI is InChI=1S/C9H10N2/c1-7-4-8(10-2)6-9(5-7)11-3/h4-6,10H,1-2H3. The molecule has 0 atom stereocenters. The minimum Gasteiger partial charge on any atom is -0.389 e. The summed E-state index contributed by atoms with van der Waals surface area (Å²) < 4.78 is 0. The van der Waals surface area contributed by atoms with Crippen LogP contribution in [0.4, 0.5) is 11.4 Å². The zero-order valence-corrected chi connectivity index (χ0v) is 6.68. The molecule has 0 heterocycles. The maximum Gasteiger partial charge on any atom is 0.189 e. The molecule has 0 aliphatic carbocycles. The highest BCUT2D eigenvalue weighted by molar-refractivity contribution is 5.59. The van der Waals surface area contributed by atoms with E-state index in [1.165, 1.54) is 0 Å². The maximum absolute atomic E-state index is 6.81. The first-order valence-corrected chi connectivity index (χ1v) is 3.43. The first-order chi connectivity index (χ1) is 5.26. The van der Waals surface area contributed by atoms with E-state index in [9.17, 15) is 0 Å². The zero-order valence-electron chi connectivity index (χ0n) is 6.68. The van der Waals surface area contributed by atoms with E-state index in [0.717, 1.165) is 11.3 Å². The molecule has 0 aliphatic rings. The van der Waals surface area contributed by atoms with Gasteiger partial charge in [0.1, 0.15) is 0 Å². The summed E-state index contributed by atoms with van der Waals surface area (Å²) in [5, 5.41) is 3.00. The Balaban J connectivity index is 3.15. The minimum atomic E-state index is 0.689. The monoisotopic (exact) mass is 146 g/mol. The van der Waals surface area contributed by atoms with E-state index < -0.39 is 0 Å². The number of hydrogen-bond donors (Lipinski definition) is 1. The Labute approximate surface area is 66.7 Å². The fourth-order valence-corrected chi connectivity index (χ4v) is 0.972. The lowest BCUT2D eigenvalue weighted by Gasteiger charge is -2.01. The minimum absolute atomic E-state index is 0.689. The molecule has 0 amide bonds. The van der Waals surface area contributed by atoms with Gasteiger partial charge in [0.05, 0.1) is 6.57 Å². The van der Waals surface area contributed by atoms with E-state index >= 15 is 0 Å². The summed E-state index contributed by atoms with van der Waals surface area (Å²) in [6.45, 7) is 8.79. The predicted octanol–water partition coefficient (Wildman–Crippen LogP) is 2.59. The molecular formula is C9H10N2. The third kappa shape index (κ3) is 1.71. The van der Waals surface area contributed by atoms with E-state index in [2.05, 4.69) is 10.2 Å². The number of anilines is 1. The Morgan fingerprint density at radius 2 is 2.09 bits per heavy atom. The predicted molar refractivity (Wildman–Crippen MR) is 47.0 cm³/mol. The molecule has 1 rings (SSSR count). The van der Waals surface area contributed by atoms with E-state index in [-0.39, 0.29) is 0 Å². The van der Waals surface area contributed by atoms with Gasteiger partial charge in [-0.05, 0) is 19.1 Å². The molecule has 0 aromatic heterocycles. The highest BCUT2D eigenvalue weighted by Gasteiger charge is 1.94. The van der Waals surface area contributed by atoms with E-state index in [1.54, 1.807) is 0 Å². The number of nitrogens with zero attached hydrogens (tertiary/aromatic N) is 1. The van der Waals surface area contributed by atoms with Crippen molar-refractivity contribution >= 4 is 11.4 Å². The molecule has 1 aromatic rings. The van der Waals surface area contributed by atoms with Crippen LogP contribution in [0.5, 0.6) is 0 Å². The highest BCUT2D eigenvalue weighted by Crippen LogP contribution is 2.20. The average Bonchev–Trinajstić information content (AvgIpc) is 2.03. The molecular weight excluding hydrogens is 136 g/mol. The number of rotatable bonds is 1. The van der Waals surface area contributed by atoms with E-state index in [4.69, 9.17) is 6.57 Å². The first-order valence-electron chi connectivity index (χ1n) is 3.43. The van der Waals surface area contributed by atoms with Crippen molar-refractivity contribution in [2.75, 3.05) is 12.4 Å². The molecule has 0 unspecified atom stereocenters. The maximum atomic E-state index is 6.81. The lowest BCUT2D eigenvalue weighted by atomic mass is 10.2. The second-order valence-corrected chi connectivity index (χ2v) is 2.42. The highest BCUT2D eigenvalue weighted by atomic mass is 14.8. The van der Waals surface area contributed by atoms with Crippen LogP contribution in [0.3, 0.4) is 0 Å². The van der Waals surface area contributed by atoms with Crippen molar-refractivity contribution in [2.45, 2.75) is 6.92 Å². The first kappa shape index (κ1) is 7.62. The van der Waals surface area contributed by atoms with Gasteiger partial charge in [-0.2, -0.15) is 0 Å². The van der Waals surface area contributed by atoms with Gasteiger partial charge in [-0.25, -0.2) is 4.85 Å². The molecule has 0 saturated carbocycles. The summed E-state index contributed by atoms with van der Waals surface area (Å²) in [6, 6.07) is 5.71. The van der Waals surface area contributed by atoms with Gasteiger partial charge in [-0.3, -0.25) is 0 Å². The zero-order chi connectivity index (χ0) is 8.27. The summed E-state index contributed by atoms with van der Waals surface area (Å²) in [7, 11) is 1.85. The van der Waals surface area contributed by atoms with Gasteiger partial charge in [0.2, 0.25) is 0 Å². The molecule has 0 aliphatic heterocycles. The van der Waals surface area contributed by atoms with Crippen LogP contribution in [0, 0.1) is 13.5 Å². The van der Waals surface area contributed by atoms with Crippen LogP contribution in [0.1, 0.15) is 5.56 Å². The lowest BCUT2D eigenvalue weighted by molar-refractivity contribution is 1.44. The molecule has 0 fully saturated rings. The van der Waals surface area contributed by atoms with Crippen LogP contribution in [0.15, 0.2) is 18.2 Å². The number of benzene rings is 1. The topological polar surface area (TPSA) is 16.4 Å². The van der Waals surface area contributed by atoms with Crippen LogP contribution < -0.4 is 5.32 Å². The van der Waals surface area contributed by atoms with Gasteiger partial charge in [0.15, 0.2) is 5.69 Å². The molecule has 1 N–H and O–H groups in total. The molecule has 11 heavy (non-hydrogen) atoms. The number of hydrogen-bond acceptors (Lipinski definition) is 1. The fourth-order valence-electron chi connectivity index (χ4n) is 0.972. The second kappa shape index (κ2) is 3.07. The van der Waals surface area contributed by atoms with Crippen molar-refractivity contribution in [3.05, 3.63) is 35.2 Å². The summed E-state index contributed by atoms with van der Waals surface area (Å²) >= 11 is 0. The smallest absolute Gasteiger partial charge is 0.189 e. The molecule has 56 valence electrons. The lowest BCUT2D eigenvalue weighted by Crippen LogP contribution is -1.87. The van der Waals surface area contributed by atoms with Crippen LogP contribution in [-0.2, 0) is 0 Å². The summed E-state index contributed by atoms with van der Waals surface area (Å²) in [5.74, 6) is 0. The van der Waals surface area contributed by atoms with Gasteiger partial charge in [-0.15, -0.1) is 0 Å². The normalized spacial score (nSPS) is 8.82. The molecule has 1 aromatic carbocycles. The Morgan fingerprint density at radius 3 is 2.64 bits per heavy atom. The Hall–Kier alpha value is -1.49.